The summed E-state index contributed by atoms with van der Waals surface area (Å²) < 4.78 is 31.7. The Balaban J connectivity index is 2.33. The summed E-state index contributed by atoms with van der Waals surface area (Å²) in [7, 11) is -3.55. The predicted molar refractivity (Wildman–Crippen MR) is 84.0 cm³/mol. The lowest BCUT2D eigenvalue weighted by Gasteiger charge is -2.11. The van der Waals surface area contributed by atoms with Gasteiger partial charge in [0.2, 0.25) is 9.84 Å². The number of aromatic nitrogens is 3. The second kappa shape index (κ2) is 6.58. The first-order valence-corrected chi connectivity index (χ1v) is 8.78. The zero-order valence-corrected chi connectivity index (χ0v) is 14.1. The molecular formula is C15H21N3O3S. The molecule has 0 bridgehead atoms. The number of ether oxygens (including phenoxy) is 1. The summed E-state index contributed by atoms with van der Waals surface area (Å²) in [6.45, 7) is 7.79. The van der Waals surface area contributed by atoms with E-state index in [2.05, 4.69) is 10.2 Å². The number of rotatable bonds is 6. The largest absolute Gasteiger partial charge is 0.378 e. The van der Waals surface area contributed by atoms with Crippen molar-refractivity contribution in [1.29, 1.82) is 0 Å². The monoisotopic (exact) mass is 323 g/mol. The standard InChI is InChI=1S/C15H21N3O3S/c1-11(2)21-7-8-22(19,20)15-17-16-10-18(15)14-6-5-12(3)9-13(14)4/h5-6,9-11H,7-8H2,1-4H3. The molecule has 0 spiro atoms. The molecular weight excluding hydrogens is 302 g/mol. The smallest absolute Gasteiger partial charge is 0.254 e. The maximum absolute atomic E-state index is 12.4. The maximum Gasteiger partial charge on any atom is 0.254 e. The van der Waals surface area contributed by atoms with Gasteiger partial charge >= 0.3 is 0 Å². The highest BCUT2D eigenvalue weighted by Crippen LogP contribution is 2.19. The van der Waals surface area contributed by atoms with Crippen molar-refractivity contribution in [3.8, 4) is 5.69 Å². The Hall–Kier alpha value is -1.73. The molecule has 2 rings (SSSR count). The molecule has 0 aliphatic carbocycles. The molecule has 120 valence electrons. The van der Waals surface area contributed by atoms with Crippen LogP contribution in [0.15, 0.2) is 29.7 Å². The molecule has 22 heavy (non-hydrogen) atoms. The number of hydrogen-bond acceptors (Lipinski definition) is 5. The van der Waals surface area contributed by atoms with Crippen molar-refractivity contribution in [2.75, 3.05) is 12.4 Å². The third kappa shape index (κ3) is 3.72. The van der Waals surface area contributed by atoms with Gasteiger partial charge in [-0.15, -0.1) is 10.2 Å². The average Bonchev–Trinajstić information content (AvgIpc) is 2.87. The van der Waals surface area contributed by atoms with Crippen LogP contribution in [-0.2, 0) is 14.6 Å². The third-order valence-corrected chi connectivity index (χ3v) is 4.75. The quantitative estimate of drug-likeness (QED) is 0.813. The molecule has 0 amide bonds. The van der Waals surface area contributed by atoms with Gasteiger partial charge in [-0.25, -0.2) is 8.42 Å². The molecule has 0 saturated heterocycles. The Morgan fingerprint density at radius 3 is 2.64 bits per heavy atom. The minimum atomic E-state index is -3.55. The third-order valence-electron chi connectivity index (χ3n) is 3.21. The summed E-state index contributed by atoms with van der Waals surface area (Å²) in [6, 6.07) is 5.80. The molecule has 0 aliphatic rings. The van der Waals surface area contributed by atoms with Crippen molar-refractivity contribution in [2.45, 2.75) is 39.0 Å². The van der Waals surface area contributed by atoms with Crippen molar-refractivity contribution >= 4 is 9.84 Å². The van der Waals surface area contributed by atoms with Gasteiger partial charge in [-0.3, -0.25) is 4.57 Å². The van der Waals surface area contributed by atoms with Crippen molar-refractivity contribution in [1.82, 2.24) is 14.8 Å². The van der Waals surface area contributed by atoms with E-state index in [1.165, 1.54) is 10.9 Å². The first kappa shape index (κ1) is 16.6. The normalized spacial score (nSPS) is 12.0. The minimum absolute atomic E-state index is 0.00703. The van der Waals surface area contributed by atoms with E-state index in [1.807, 2.05) is 45.9 Å². The number of nitrogens with zero attached hydrogens (tertiary/aromatic N) is 3. The molecule has 0 aliphatic heterocycles. The van der Waals surface area contributed by atoms with E-state index in [-0.39, 0.29) is 23.6 Å². The van der Waals surface area contributed by atoms with Gasteiger partial charge in [0.1, 0.15) is 6.33 Å². The number of benzene rings is 1. The van der Waals surface area contributed by atoms with E-state index in [1.54, 1.807) is 0 Å². The van der Waals surface area contributed by atoms with Gasteiger partial charge in [-0.05, 0) is 39.3 Å². The lowest BCUT2D eigenvalue weighted by molar-refractivity contribution is 0.0912. The molecule has 0 N–H and O–H groups in total. The molecule has 0 atom stereocenters. The van der Waals surface area contributed by atoms with Crippen molar-refractivity contribution in [2.24, 2.45) is 0 Å². The zero-order valence-electron chi connectivity index (χ0n) is 13.3. The Morgan fingerprint density at radius 2 is 2.00 bits per heavy atom. The van der Waals surface area contributed by atoms with Gasteiger partial charge in [-0.2, -0.15) is 0 Å². The Morgan fingerprint density at radius 1 is 1.27 bits per heavy atom. The van der Waals surface area contributed by atoms with E-state index in [9.17, 15) is 8.42 Å². The fourth-order valence-electron chi connectivity index (χ4n) is 2.16. The first-order valence-electron chi connectivity index (χ1n) is 7.13. The van der Waals surface area contributed by atoms with E-state index < -0.39 is 9.84 Å². The average molecular weight is 323 g/mol. The summed E-state index contributed by atoms with van der Waals surface area (Å²) in [6.07, 6.45) is 1.42. The van der Waals surface area contributed by atoms with Gasteiger partial charge in [-0.1, -0.05) is 17.7 Å². The lowest BCUT2D eigenvalue weighted by Crippen LogP contribution is -2.18. The molecule has 0 fully saturated rings. The Kier molecular flexibility index (Phi) is 4.97. The van der Waals surface area contributed by atoms with Gasteiger partial charge in [0.15, 0.2) is 0 Å². The van der Waals surface area contributed by atoms with Crippen LogP contribution < -0.4 is 0 Å². The van der Waals surface area contributed by atoms with E-state index >= 15 is 0 Å². The van der Waals surface area contributed by atoms with E-state index in [0.29, 0.717) is 0 Å². The highest BCUT2D eigenvalue weighted by Gasteiger charge is 2.23. The molecule has 0 saturated carbocycles. The van der Waals surface area contributed by atoms with Crippen LogP contribution >= 0.6 is 0 Å². The molecule has 7 heteroatoms. The van der Waals surface area contributed by atoms with Gasteiger partial charge < -0.3 is 4.74 Å². The van der Waals surface area contributed by atoms with Crippen LogP contribution in [0.3, 0.4) is 0 Å². The highest BCUT2D eigenvalue weighted by molar-refractivity contribution is 7.91. The van der Waals surface area contributed by atoms with Crippen LogP contribution in [0.5, 0.6) is 0 Å². The minimum Gasteiger partial charge on any atom is -0.378 e. The fraction of sp³-hybridized carbons (Fsp3) is 0.467. The van der Waals surface area contributed by atoms with Gasteiger partial charge in [0.25, 0.3) is 5.16 Å². The molecule has 1 heterocycles. The SMILES string of the molecule is Cc1ccc(-n2cnnc2S(=O)(=O)CCOC(C)C)c(C)c1. The van der Waals surface area contributed by atoms with Crippen LogP contribution in [-0.4, -0.2) is 41.6 Å². The molecule has 6 nitrogen and oxygen atoms in total. The number of sulfone groups is 1. The van der Waals surface area contributed by atoms with Crippen LogP contribution in [0.25, 0.3) is 5.69 Å². The fourth-order valence-corrected chi connectivity index (χ4v) is 3.28. The van der Waals surface area contributed by atoms with Gasteiger partial charge in [0, 0.05) is 0 Å². The summed E-state index contributed by atoms with van der Waals surface area (Å²) >= 11 is 0. The number of aryl methyl sites for hydroxylation is 2. The molecule has 0 unspecified atom stereocenters. The van der Waals surface area contributed by atoms with E-state index in [0.717, 1.165) is 16.8 Å². The lowest BCUT2D eigenvalue weighted by atomic mass is 10.1. The maximum atomic E-state index is 12.4. The molecule has 1 aromatic carbocycles. The van der Waals surface area contributed by atoms with Crippen LogP contribution in [0.2, 0.25) is 0 Å². The zero-order chi connectivity index (χ0) is 16.3. The Labute approximate surface area is 131 Å². The summed E-state index contributed by atoms with van der Waals surface area (Å²) in [5.41, 5.74) is 2.85. The van der Waals surface area contributed by atoms with Crippen LogP contribution in [0, 0.1) is 13.8 Å². The summed E-state index contributed by atoms with van der Waals surface area (Å²) in [5.74, 6) is -0.116. The topological polar surface area (TPSA) is 74.1 Å². The van der Waals surface area contributed by atoms with Crippen molar-refractivity contribution in [3.05, 3.63) is 35.7 Å². The van der Waals surface area contributed by atoms with Gasteiger partial charge in [0.05, 0.1) is 24.2 Å². The molecule has 0 radical (unpaired) electrons. The van der Waals surface area contributed by atoms with Crippen LogP contribution in [0.4, 0.5) is 0 Å². The summed E-state index contributed by atoms with van der Waals surface area (Å²) in [4.78, 5) is 0. The predicted octanol–water partition coefficient (Wildman–Crippen LogP) is 2.08. The number of hydrogen-bond donors (Lipinski definition) is 0. The summed E-state index contributed by atoms with van der Waals surface area (Å²) in [5, 5.41) is 7.51. The van der Waals surface area contributed by atoms with Crippen LogP contribution in [0.1, 0.15) is 25.0 Å². The van der Waals surface area contributed by atoms with Crippen molar-refractivity contribution in [3.63, 3.8) is 0 Å². The Bertz CT molecular complexity index is 751. The first-order chi connectivity index (χ1) is 10.3. The second-order valence-electron chi connectivity index (χ2n) is 5.51. The molecule has 2 aromatic rings. The van der Waals surface area contributed by atoms with Crippen molar-refractivity contribution < 1.29 is 13.2 Å². The highest BCUT2D eigenvalue weighted by atomic mass is 32.2. The van der Waals surface area contributed by atoms with E-state index in [4.69, 9.17) is 4.74 Å². The second-order valence-corrected chi connectivity index (χ2v) is 7.51. The molecule has 1 aromatic heterocycles.